The molecule has 28 heavy (non-hydrogen) atoms. The molecule has 0 rings (SSSR count). The average molecular weight is 405 g/mol. The molecule has 0 fully saturated rings. The van der Waals surface area contributed by atoms with Crippen LogP contribution in [0.25, 0.3) is 0 Å². The zero-order chi connectivity index (χ0) is 21.1. The summed E-state index contributed by atoms with van der Waals surface area (Å²) >= 11 is 0. The maximum atomic E-state index is 11.5. The zero-order valence-electron chi connectivity index (χ0n) is 18.3. The highest BCUT2D eigenvalue weighted by atomic mass is 16.6. The molecule has 0 unspecified atom stereocenters. The lowest BCUT2D eigenvalue weighted by Crippen LogP contribution is -2.24. The number of hydrogen-bond donors (Lipinski definition) is 0. The molecule has 166 valence electrons. The Hall–Kier alpha value is -1.18. The summed E-state index contributed by atoms with van der Waals surface area (Å²) in [6.07, 6.45) is 6.31. The van der Waals surface area contributed by atoms with Crippen LogP contribution in [0.4, 0.5) is 0 Å². The molecule has 0 heterocycles. The van der Waals surface area contributed by atoms with E-state index in [0.717, 1.165) is 12.8 Å². The Morgan fingerprint density at radius 2 is 1.18 bits per heavy atom. The summed E-state index contributed by atoms with van der Waals surface area (Å²) in [7, 11) is 0. The topological polar surface area (TPSA) is 80.3 Å². The van der Waals surface area contributed by atoms with E-state index in [1.807, 2.05) is 20.8 Å². The van der Waals surface area contributed by atoms with Crippen LogP contribution in [-0.2, 0) is 33.3 Å². The van der Waals surface area contributed by atoms with Crippen LogP contribution >= 0.6 is 0 Å². The van der Waals surface area contributed by atoms with E-state index in [1.54, 1.807) is 0 Å². The van der Waals surface area contributed by atoms with E-state index >= 15 is 0 Å². The predicted molar refractivity (Wildman–Crippen MR) is 107 cm³/mol. The highest BCUT2D eigenvalue weighted by molar-refractivity contribution is 5.70. The minimum Gasteiger partial charge on any atom is -0.463 e. The van der Waals surface area contributed by atoms with E-state index < -0.39 is 5.60 Å². The fourth-order valence-electron chi connectivity index (χ4n) is 2.25. The summed E-state index contributed by atoms with van der Waals surface area (Å²) in [5.41, 5.74) is -0.466. The van der Waals surface area contributed by atoms with Crippen molar-refractivity contribution in [3.63, 3.8) is 0 Å². The van der Waals surface area contributed by atoms with Crippen LogP contribution < -0.4 is 0 Å². The summed E-state index contributed by atoms with van der Waals surface area (Å²) in [5.74, 6) is -0.418. The van der Waals surface area contributed by atoms with Crippen LogP contribution in [0.5, 0.6) is 0 Å². The molecule has 0 aliphatic rings. The molecular formula is C21H40O7. The van der Waals surface area contributed by atoms with Gasteiger partial charge in [-0.15, -0.1) is 0 Å². The van der Waals surface area contributed by atoms with E-state index in [-0.39, 0.29) is 25.0 Å². The molecule has 0 aliphatic carbocycles. The van der Waals surface area contributed by atoms with Gasteiger partial charge >= 0.3 is 11.9 Å². The third kappa shape index (κ3) is 21.1. The van der Waals surface area contributed by atoms with E-state index in [2.05, 4.69) is 6.92 Å². The third-order valence-corrected chi connectivity index (χ3v) is 3.59. The predicted octanol–water partition coefficient (Wildman–Crippen LogP) is 3.67. The number of esters is 2. The molecule has 7 nitrogen and oxygen atoms in total. The second-order valence-electron chi connectivity index (χ2n) is 7.56. The first-order valence-electron chi connectivity index (χ1n) is 10.5. The Balaban J connectivity index is 3.25. The van der Waals surface area contributed by atoms with Crippen molar-refractivity contribution in [2.75, 3.05) is 46.2 Å². The molecule has 0 bridgehead atoms. The molecule has 0 aromatic rings. The monoisotopic (exact) mass is 404 g/mol. The van der Waals surface area contributed by atoms with Crippen molar-refractivity contribution >= 4 is 11.9 Å². The quantitative estimate of drug-likeness (QED) is 0.255. The molecule has 0 aromatic heterocycles. The number of carbonyl (C=O) groups excluding carboxylic acids is 2. The van der Waals surface area contributed by atoms with Crippen molar-refractivity contribution in [1.82, 2.24) is 0 Å². The first-order chi connectivity index (χ1) is 13.3. The molecule has 0 aliphatic heterocycles. The van der Waals surface area contributed by atoms with Crippen LogP contribution in [0.15, 0.2) is 0 Å². The minimum absolute atomic E-state index is 0.153. The van der Waals surface area contributed by atoms with Crippen molar-refractivity contribution in [1.29, 1.82) is 0 Å². The lowest BCUT2D eigenvalue weighted by Gasteiger charge is -2.19. The van der Waals surface area contributed by atoms with Crippen LogP contribution in [0.3, 0.4) is 0 Å². The summed E-state index contributed by atoms with van der Waals surface area (Å²) in [5, 5.41) is 0. The van der Waals surface area contributed by atoms with E-state index in [9.17, 15) is 9.59 Å². The Bertz CT molecular complexity index is 391. The van der Waals surface area contributed by atoms with Gasteiger partial charge in [-0.05, 0) is 27.2 Å². The molecule has 0 spiro atoms. The van der Waals surface area contributed by atoms with Gasteiger partial charge in [-0.1, -0.05) is 32.6 Å². The lowest BCUT2D eigenvalue weighted by atomic mass is 10.1. The van der Waals surface area contributed by atoms with Gasteiger partial charge in [0.1, 0.15) is 12.2 Å². The Morgan fingerprint density at radius 3 is 1.75 bits per heavy atom. The first kappa shape index (κ1) is 26.8. The van der Waals surface area contributed by atoms with Crippen LogP contribution in [0.2, 0.25) is 0 Å². The second-order valence-corrected chi connectivity index (χ2v) is 7.56. The molecule has 0 atom stereocenters. The van der Waals surface area contributed by atoms with Gasteiger partial charge in [-0.3, -0.25) is 9.59 Å². The van der Waals surface area contributed by atoms with Crippen LogP contribution in [0, 0.1) is 0 Å². The first-order valence-corrected chi connectivity index (χ1v) is 10.5. The van der Waals surface area contributed by atoms with Gasteiger partial charge in [0.05, 0.1) is 46.1 Å². The Morgan fingerprint density at radius 1 is 0.643 bits per heavy atom. The number of hydrogen-bond acceptors (Lipinski definition) is 7. The summed E-state index contributed by atoms with van der Waals surface area (Å²) in [4.78, 5) is 23.0. The van der Waals surface area contributed by atoms with Crippen LogP contribution in [0.1, 0.15) is 72.6 Å². The highest BCUT2D eigenvalue weighted by Gasteiger charge is 2.15. The number of ether oxygens (including phenoxy) is 5. The van der Waals surface area contributed by atoms with E-state index in [0.29, 0.717) is 46.1 Å². The summed E-state index contributed by atoms with van der Waals surface area (Å²) in [6.45, 7) is 10.4. The molecule has 0 N–H and O–H groups in total. The van der Waals surface area contributed by atoms with Crippen molar-refractivity contribution in [3.05, 3.63) is 0 Å². The van der Waals surface area contributed by atoms with Gasteiger partial charge in [-0.2, -0.15) is 0 Å². The van der Waals surface area contributed by atoms with E-state index in [1.165, 1.54) is 19.3 Å². The molecule has 0 amide bonds. The van der Waals surface area contributed by atoms with Gasteiger partial charge in [0.15, 0.2) is 0 Å². The molecule has 0 saturated carbocycles. The third-order valence-electron chi connectivity index (χ3n) is 3.59. The van der Waals surface area contributed by atoms with Gasteiger partial charge < -0.3 is 23.7 Å². The molecule has 7 heteroatoms. The Kier molecular flexibility index (Phi) is 17.1. The average Bonchev–Trinajstić information content (AvgIpc) is 2.61. The second kappa shape index (κ2) is 17.9. The van der Waals surface area contributed by atoms with Crippen molar-refractivity contribution in [2.45, 2.75) is 78.2 Å². The molecule has 0 aromatic carbocycles. The summed E-state index contributed by atoms with van der Waals surface area (Å²) < 4.78 is 26.3. The fraction of sp³-hybridized carbons (Fsp3) is 0.905. The maximum Gasteiger partial charge on any atom is 0.308 e. The largest absolute Gasteiger partial charge is 0.463 e. The zero-order valence-corrected chi connectivity index (χ0v) is 18.3. The van der Waals surface area contributed by atoms with E-state index in [4.69, 9.17) is 23.7 Å². The molecule has 0 saturated heterocycles. The number of unbranched alkanes of at least 4 members (excludes halogenated alkanes) is 4. The van der Waals surface area contributed by atoms with Gasteiger partial charge in [-0.25, -0.2) is 0 Å². The van der Waals surface area contributed by atoms with Gasteiger partial charge in [0.2, 0.25) is 0 Å². The summed E-state index contributed by atoms with van der Waals surface area (Å²) in [6, 6.07) is 0. The fourth-order valence-corrected chi connectivity index (χ4v) is 2.25. The SMILES string of the molecule is CCCCCCCC(=O)OCCOCCOCCOCCC(=O)OC(C)(C)C. The number of carbonyl (C=O) groups is 2. The standard InChI is InChI=1S/C21H40O7/c1-5-6-7-8-9-10-19(22)27-18-17-26-16-15-25-14-13-24-12-11-20(23)28-21(2,3)4/h5-18H2,1-4H3. The van der Waals surface area contributed by atoms with Crippen molar-refractivity contribution in [2.24, 2.45) is 0 Å². The smallest absolute Gasteiger partial charge is 0.308 e. The molecule has 0 radical (unpaired) electrons. The lowest BCUT2D eigenvalue weighted by molar-refractivity contribution is -0.156. The minimum atomic E-state index is -0.466. The normalized spacial score (nSPS) is 11.4. The maximum absolute atomic E-state index is 11.5. The van der Waals surface area contributed by atoms with Crippen LogP contribution in [-0.4, -0.2) is 63.8 Å². The number of rotatable bonds is 18. The van der Waals surface area contributed by atoms with Gasteiger partial charge in [0.25, 0.3) is 0 Å². The highest BCUT2D eigenvalue weighted by Crippen LogP contribution is 2.08. The van der Waals surface area contributed by atoms with Crippen molar-refractivity contribution in [3.8, 4) is 0 Å². The molecular weight excluding hydrogens is 364 g/mol. The van der Waals surface area contributed by atoms with Crippen molar-refractivity contribution < 1.29 is 33.3 Å². The van der Waals surface area contributed by atoms with Gasteiger partial charge in [0, 0.05) is 6.42 Å². The Labute approximate surface area is 170 Å².